The Kier molecular flexibility index (Phi) is 5.21. The largest absolute Gasteiger partial charge is 0.503 e. The van der Waals surface area contributed by atoms with Gasteiger partial charge in [0, 0.05) is 10.4 Å². The number of methoxy groups -OCH3 is 1. The summed E-state index contributed by atoms with van der Waals surface area (Å²) in [5, 5.41) is 12.3. The molecule has 34 heavy (non-hydrogen) atoms. The van der Waals surface area contributed by atoms with E-state index in [2.05, 4.69) is 24.3 Å². The first-order valence-corrected chi connectivity index (χ1v) is 12.9. The minimum atomic E-state index is -0.167. The molecule has 1 N–H and O–H groups in total. The van der Waals surface area contributed by atoms with Crippen LogP contribution in [0, 0.1) is 0 Å². The van der Waals surface area contributed by atoms with Crippen molar-refractivity contribution in [2.24, 2.45) is 4.99 Å². The highest BCUT2D eigenvalue weighted by Crippen LogP contribution is 2.42. The Hall–Kier alpha value is -3.13. The molecule has 0 bridgehead atoms. The molecule has 8 heteroatoms. The smallest absolute Gasteiger partial charge is 0.271 e. The zero-order valence-corrected chi connectivity index (χ0v) is 20.5. The van der Waals surface area contributed by atoms with E-state index in [1.54, 1.807) is 29.5 Å². The van der Waals surface area contributed by atoms with Crippen LogP contribution in [0.25, 0.3) is 11.8 Å². The number of ether oxygens (including phenoxy) is 1. The fourth-order valence-electron chi connectivity index (χ4n) is 4.70. The van der Waals surface area contributed by atoms with E-state index in [9.17, 15) is 9.90 Å². The molecule has 0 fully saturated rings. The summed E-state index contributed by atoms with van der Waals surface area (Å²) >= 11 is 9.19. The van der Waals surface area contributed by atoms with Crippen LogP contribution in [-0.4, -0.2) is 16.8 Å². The van der Waals surface area contributed by atoms with E-state index in [4.69, 9.17) is 21.3 Å². The van der Waals surface area contributed by atoms with Gasteiger partial charge >= 0.3 is 0 Å². The van der Waals surface area contributed by atoms with Gasteiger partial charge in [-0.25, -0.2) is 4.99 Å². The summed E-state index contributed by atoms with van der Waals surface area (Å²) in [6, 6.07) is 15.6. The second kappa shape index (κ2) is 8.27. The van der Waals surface area contributed by atoms with Gasteiger partial charge in [-0.3, -0.25) is 9.36 Å². The molecule has 1 aliphatic carbocycles. The summed E-state index contributed by atoms with van der Waals surface area (Å²) in [6.07, 6.45) is 3.58. The number of aryl methyl sites for hydroxylation is 1. The van der Waals surface area contributed by atoms with E-state index in [1.807, 2.05) is 22.1 Å². The first-order chi connectivity index (χ1) is 16.5. The molecular formula is C26H19ClN2O3S2. The molecule has 2 aromatic heterocycles. The van der Waals surface area contributed by atoms with E-state index >= 15 is 0 Å². The lowest BCUT2D eigenvalue weighted by Crippen LogP contribution is -2.38. The third kappa shape index (κ3) is 3.35. The Morgan fingerprint density at radius 3 is 2.85 bits per heavy atom. The Morgan fingerprint density at radius 1 is 1.21 bits per heavy atom. The topological polar surface area (TPSA) is 63.8 Å². The molecule has 0 radical (unpaired) electrons. The molecular weight excluding hydrogens is 488 g/mol. The summed E-state index contributed by atoms with van der Waals surface area (Å²) in [4.78, 5) is 20.5. The van der Waals surface area contributed by atoms with Crippen LogP contribution in [0.15, 0.2) is 69.3 Å². The number of aromatic nitrogens is 1. The molecule has 0 amide bonds. The summed E-state index contributed by atoms with van der Waals surface area (Å²) in [5.74, 6) is 0.141. The molecule has 170 valence electrons. The van der Waals surface area contributed by atoms with Crippen molar-refractivity contribution >= 4 is 46.0 Å². The molecule has 1 aliphatic heterocycles. The zero-order valence-electron chi connectivity index (χ0n) is 18.1. The lowest BCUT2D eigenvalue weighted by Gasteiger charge is -2.30. The van der Waals surface area contributed by atoms with Gasteiger partial charge < -0.3 is 9.84 Å². The predicted octanol–water partition coefficient (Wildman–Crippen LogP) is 4.75. The average Bonchev–Trinajstić information content (AvgIpc) is 3.48. The van der Waals surface area contributed by atoms with Gasteiger partial charge in [-0.05, 0) is 59.2 Å². The number of benzene rings is 2. The van der Waals surface area contributed by atoms with E-state index in [-0.39, 0.29) is 28.1 Å². The van der Waals surface area contributed by atoms with Crippen LogP contribution in [0.3, 0.4) is 0 Å². The average molecular weight is 507 g/mol. The van der Waals surface area contributed by atoms with Crippen molar-refractivity contribution in [3.8, 4) is 11.5 Å². The number of thiophene rings is 1. The van der Waals surface area contributed by atoms with E-state index in [0.29, 0.717) is 14.9 Å². The van der Waals surface area contributed by atoms with Crippen LogP contribution in [0.2, 0.25) is 5.02 Å². The van der Waals surface area contributed by atoms with Gasteiger partial charge in [-0.15, -0.1) is 11.3 Å². The number of allylic oxidation sites excluding steroid dienone is 1. The Morgan fingerprint density at radius 2 is 2.06 bits per heavy atom. The standard InChI is InChI=1S/C26H19ClN2O3S2/c1-32-19-12-14(11-18(27)24(19)30)13-21-25(31)29-23(20-7-4-10-33-20)17-9-8-15-5-2-3-6-16(15)22(17)28-26(29)34-21/h2-7,10-13,23,30H,8-9H2,1H3/b21-13+/t23-/m0/s1. The van der Waals surface area contributed by atoms with Crippen LogP contribution < -0.4 is 19.6 Å². The maximum absolute atomic E-state index is 13.7. The molecule has 1 atom stereocenters. The van der Waals surface area contributed by atoms with Gasteiger partial charge in [0.15, 0.2) is 16.3 Å². The van der Waals surface area contributed by atoms with Crippen LogP contribution in [0.5, 0.6) is 11.5 Å². The quantitative estimate of drug-likeness (QED) is 0.436. The van der Waals surface area contributed by atoms with Crippen molar-refractivity contribution < 1.29 is 9.84 Å². The van der Waals surface area contributed by atoms with Crippen molar-refractivity contribution in [2.45, 2.75) is 18.9 Å². The normalized spacial score (nSPS) is 17.1. The molecule has 0 saturated carbocycles. The lowest BCUT2D eigenvalue weighted by molar-refractivity contribution is 0.373. The van der Waals surface area contributed by atoms with Gasteiger partial charge in [0.05, 0.1) is 28.4 Å². The fraction of sp³-hybridized carbons (Fsp3) is 0.154. The first-order valence-electron chi connectivity index (χ1n) is 10.8. The lowest BCUT2D eigenvalue weighted by atomic mass is 9.85. The second-order valence-corrected chi connectivity index (χ2v) is 10.6. The number of nitrogens with zero attached hydrogens (tertiary/aromatic N) is 2. The third-order valence-corrected chi connectivity index (χ3v) is 8.45. The molecule has 3 heterocycles. The summed E-state index contributed by atoms with van der Waals surface area (Å²) < 4.78 is 7.60. The molecule has 0 unspecified atom stereocenters. The Bertz CT molecular complexity index is 1650. The molecule has 4 aromatic rings. The zero-order chi connectivity index (χ0) is 23.4. The number of aromatic hydroxyl groups is 1. The Balaban J connectivity index is 1.60. The SMILES string of the molecule is COc1cc(/C=c2/sc3n(c2=O)[C@H](c2cccs2)C2=C(N=3)c3ccccc3CC2)cc(Cl)c1O. The number of thiazole rings is 1. The summed E-state index contributed by atoms with van der Waals surface area (Å²) in [7, 11) is 1.46. The molecule has 2 aromatic carbocycles. The summed E-state index contributed by atoms with van der Waals surface area (Å²) in [5.41, 5.74) is 5.21. The monoisotopic (exact) mass is 506 g/mol. The molecule has 0 saturated heterocycles. The van der Waals surface area contributed by atoms with Gasteiger partial charge in [0.2, 0.25) is 0 Å². The van der Waals surface area contributed by atoms with Gasteiger partial charge in [-0.1, -0.05) is 53.3 Å². The summed E-state index contributed by atoms with van der Waals surface area (Å²) in [6.45, 7) is 0. The Labute approximate surface area is 208 Å². The van der Waals surface area contributed by atoms with E-state index in [1.165, 1.54) is 29.6 Å². The number of phenols is 1. The minimum absolute atomic E-state index is 0.0873. The number of hydrogen-bond donors (Lipinski definition) is 1. The highest BCUT2D eigenvalue weighted by atomic mass is 35.5. The molecule has 2 aliphatic rings. The second-order valence-electron chi connectivity index (χ2n) is 8.18. The molecule has 5 nitrogen and oxygen atoms in total. The highest BCUT2D eigenvalue weighted by Gasteiger charge is 2.33. The van der Waals surface area contributed by atoms with Crippen molar-refractivity contribution in [2.75, 3.05) is 7.11 Å². The van der Waals surface area contributed by atoms with Crippen molar-refractivity contribution in [3.63, 3.8) is 0 Å². The third-order valence-electron chi connectivity index (χ3n) is 6.25. The van der Waals surface area contributed by atoms with Gasteiger partial charge in [0.25, 0.3) is 5.56 Å². The van der Waals surface area contributed by atoms with E-state index < -0.39 is 0 Å². The molecule has 0 spiro atoms. The van der Waals surface area contributed by atoms with Crippen LogP contribution in [0.1, 0.15) is 34.0 Å². The maximum Gasteiger partial charge on any atom is 0.271 e. The van der Waals surface area contributed by atoms with Gasteiger partial charge in [0.1, 0.15) is 0 Å². The number of phenolic OH excluding ortho intramolecular Hbond substituents is 1. The number of hydrogen-bond acceptors (Lipinski definition) is 6. The molecule has 6 rings (SSSR count). The van der Waals surface area contributed by atoms with Crippen LogP contribution in [0.4, 0.5) is 0 Å². The maximum atomic E-state index is 13.7. The number of halogens is 1. The highest BCUT2D eigenvalue weighted by molar-refractivity contribution is 7.10. The fourth-order valence-corrected chi connectivity index (χ4v) is 6.77. The van der Waals surface area contributed by atoms with Gasteiger partial charge in [-0.2, -0.15) is 0 Å². The number of fused-ring (bicyclic) bond motifs is 3. The predicted molar refractivity (Wildman–Crippen MR) is 137 cm³/mol. The van der Waals surface area contributed by atoms with Crippen LogP contribution >= 0.6 is 34.3 Å². The minimum Gasteiger partial charge on any atom is -0.503 e. The van der Waals surface area contributed by atoms with E-state index in [0.717, 1.165) is 29.0 Å². The van der Waals surface area contributed by atoms with Crippen molar-refractivity contribution in [1.29, 1.82) is 0 Å². The van der Waals surface area contributed by atoms with Crippen LogP contribution in [-0.2, 0) is 6.42 Å². The first kappa shape index (κ1) is 21.4. The number of rotatable bonds is 3. The van der Waals surface area contributed by atoms with Crippen molar-refractivity contribution in [3.05, 3.63) is 106 Å². The van der Waals surface area contributed by atoms with Crippen molar-refractivity contribution in [1.82, 2.24) is 4.57 Å².